The van der Waals surface area contributed by atoms with Crippen LogP contribution in [-0.2, 0) is 4.79 Å². The summed E-state index contributed by atoms with van der Waals surface area (Å²) >= 11 is 0. The molecule has 152 valence electrons. The van der Waals surface area contributed by atoms with Gasteiger partial charge in [0.2, 0.25) is 5.91 Å². The van der Waals surface area contributed by atoms with Crippen LogP contribution in [0.4, 0.5) is 4.39 Å². The molecule has 3 atom stereocenters. The summed E-state index contributed by atoms with van der Waals surface area (Å²) in [6, 6.07) is 2.93. The third kappa shape index (κ3) is 2.72. The lowest BCUT2D eigenvalue weighted by Gasteiger charge is -2.59. The van der Waals surface area contributed by atoms with Gasteiger partial charge in [0.05, 0.1) is 30.2 Å². The number of hydrogen-bond acceptors (Lipinski definition) is 4. The van der Waals surface area contributed by atoms with Gasteiger partial charge in [-0.25, -0.2) is 9.37 Å². The van der Waals surface area contributed by atoms with Crippen molar-refractivity contribution in [3.8, 4) is 11.8 Å². The largest absolute Gasteiger partial charge is 0.492 e. The van der Waals surface area contributed by atoms with Gasteiger partial charge in [0.15, 0.2) is 11.6 Å². The first kappa shape index (κ1) is 18.4. The van der Waals surface area contributed by atoms with Gasteiger partial charge >= 0.3 is 0 Å². The van der Waals surface area contributed by atoms with E-state index in [1.54, 1.807) is 6.20 Å². The Kier molecular flexibility index (Phi) is 4.09. The summed E-state index contributed by atoms with van der Waals surface area (Å²) in [5, 5.41) is 10.1. The number of nitriles is 1. The molecule has 4 heterocycles. The Bertz CT molecular complexity index is 1010. The highest BCUT2D eigenvalue weighted by Crippen LogP contribution is 2.56. The Morgan fingerprint density at radius 1 is 1.45 bits per heavy atom. The van der Waals surface area contributed by atoms with E-state index >= 15 is 0 Å². The number of nitrogens with zero attached hydrogens (tertiary/aromatic N) is 3. The maximum Gasteiger partial charge on any atom is 0.223 e. The van der Waals surface area contributed by atoms with E-state index in [1.807, 2.05) is 6.92 Å². The van der Waals surface area contributed by atoms with Crippen molar-refractivity contribution in [1.29, 1.82) is 5.26 Å². The summed E-state index contributed by atoms with van der Waals surface area (Å²) in [6.45, 7) is 1.95. The normalized spacial score (nSPS) is 31.1. The molecule has 3 unspecified atom stereocenters. The first-order valence-corrected chi connectivity index (χ1v) is 10.4. The standard InChI is InChI=1S/C22H25FN4O2/c1-12(16-9-25-21-19(16)20(23)17(29-2)10-26-21)3-18(28)27-14-4-13-5-15(27)8-22(6-13,7-14)11-24/h9-10,12-15H,3-8H2,1-2H3,(H,25,26). The number of carbonyl (C=O) groups excluding carboxylic acids is 1. The molecule has 4 aliphatic rings. The van der Waals surface area contributed by atoms with E-state index in [2.05, 4.69) is 20.9 Å². The molecule has 6 nitrogen and oxygen atoms in total. The molecule has 2 saturated carbocycles. The summed E-state index contributed by atoms with van der Waals surface area (Å²) in [4.78, 5) is 22.6. The smallest absolute Gasteiger partial charge is 0.223 e. The molecule has 4 bridgehead atoms. The predicted octanol–water partition coefficient (Wildman–Crippen LogP) is 3.89. The van der Waals surface area contributed by atoms with Crippen LogP contribution < -0.4 is 4.74 Å². The zero-order valence-electron chi connectivity index (χ0n) is 16.7. The van der Waals surface area contributed by atoms with Gasteiger partial charge in [0, 0.05) is 24.7 Å². The van der Waals surface area contributed by atoms with Gasteiger partial charge in [-0.05, 0) is 49.5 Å². The van der Waals surface area contributed by atoms with E-state index in [9.17, 15) is 14.4 Å². The molecule has 4 fully saturated rings. The van der Waals surface area contributed by atoms with Crippen LogP contribution in [0, 0.1) is 28.5 Å². The molecule has 2 aliphatic heterocycles. The number of nitrogens with one attached hydrogen (secondary N) is 1. The SMILES string of the molecule is COc1cnc2[nH]cc(C(C)CC(=O)N3C4CC5CC3CC(C#N)(C5)C4)c2c1F. The van der Waals surface area contributed by atoms with Crippen LogP contribution in [0.5, 0.6) is 5.75 Å². The molecule has 1 amide bonds. The monoisotopic (exact) mass is 396 g/mol. The Balaban J connectivity index is 1.38. The number of piperidine rings is 2. The average Bonchev–Trinajstić information content (AvgIpc) is 3.12. The van der Waals surface area contributed by atoms with Gasteiger partial charge in [-0.2, -0.15) is 5.26 Å². The number of carbonyl (C=O) groups is 1. The maximum atomic E-state index is 14.8. The lowest BCUT2D eigenvalue weighted by Crippen LogP contribution is -2.63. The minimum absolute atomic E-state index is 0.100. The van der Waals surface area contributed by atoms with Gasteiger partial charge in [0.25, 0.3) is 0 Å². The number of halogens is 1. The van der Waals surface area contributed by atoms with E-state index in [4.69, 9.17) is 4.74 Å². The van der Waals surface area contributed by atoms with Crippen molar-refractivity contribution in [3.05, 3.63) is 23.8 Å². The van der Waals surface area contributed by atoms with Gasteiger partial charge in [-0.1, -0.05) is 6.92 Å². The first-order valence-electron chi connectivity index (χ1n) is 10.4. The van der Waals surface area contributed by atoms with Crippen molar-refractivity contribution in [2.45, 2.75) is 63.5 Å². The number of amides is 1. The zero-order chi connectivity index (χ0) is 20.3. The van der Waals surface area contributed by atoms with Crippen LogP contribution in [0.1, 0.15) is 56.9 Å². The van der Waals surface area contributed by atoms with Crippen LogP contribution in [-0.4, -0.2) is 40.0 Å². The van der Waals surface area contributed by atoms with E-state index in [-0.39, 0.29) is 35.1 Å². The number of rotatable bonds is 4. The van der Waals surface area contributed by atoms with Gasteiger partial charge in [-0.3, -0.25) is 4.79 Å². The maximum absolute atomic E-state index is 14.8. The highest BCUT2D eigenvalue weighted by atomic mass is 19.1. The number of aromatic nitrogens is 2. The van der Waals surface area contributed by atoms with Crippen molar-refractivity contribution in [3.63, 3.8) is 0 Å². The lowest BCUT2D eigenvalue weighted by molar-refractivity contribution is -0.153. The first-order chi connectivity index (χ1) is 13.9. The van der Waals surface area contributed by atoms with E-state index < -0.39 is 5.82 Å². The quantitative estimate of drug-likeness (QED) is 0.850. The molecule has 7 heteroatoms. The number of methoxy groups -OCH3 is 1. The minimum atomic E-state index is -0.445. The van der Waals surface area contributed by atoms with E-state index in [1.165, 1.54) is 13.3 Å². The molecule has 0 radical (unpaired) electrons. The molecule has 2 saturated heterocycles. The molecule has 1 N–H and O–H groups in total. The van der Waals surface area contributed by atoms with Crippen molar-refractivity contribution >= 4 is 16.9 Å². The molecule has 2 aliphatic carbocycles. The number of fused-ring (bicyclic) bond motifs is 1. The van der Waals surface area contributed by atoms with Crippen molar-refractivity contribution < 1.29 is 13.9 Å². The van der Waals surface area contributed by atoms with Crippen LogP contribution in [0.15, 0.2) is 12.4 Å². The van der Waals surface area contributed by atoms with Crippen molar-refractivity contribution in [1.82, 2.24) is 14.9 Å². The number of aromatic amines is 1. The summed E-state index contributed by atoms with van der Waals surface area (Å²) < 4.78 is 19.9. The number of ether oxygens (including phenoxy) is 1. The van der Waals surface area contributed by atoms with Gasteiger partial charge in [-0.15, -0.1) is 0 Å². The summed E-state index contributed by atoms with van der Waals surface area (Å²) in [6.07, 6.45) is 8.07. The van der Waals surface area contributed by atoms with Crippen molar-refractivity contribution in [2.24, 2.45) is 11.3 Å². The lowest BCUT2D eigenvalue weighted by atomic mass is 9.56. The number of hydrogen-bond donors (Lipinski definition) is 1. The predicted molar refractivity (Wildman–Crippen MR) is 105 cm³/mol. The second kappa shape index (κ2) is 6.45. The fraction of sp³-hybridized carbons (Fsp3) is 0.591. The molecule has 6 rings (SSSR count). The van der Waals surface area contributed by atoms with Crippen LogP contribution in [0.25, 0.3) is 11.0 Å². The molecule has 0 spiro atoms. The summed E-state index contributed by atoms with van der Waals surface area (Å²) in [5.74, 6) is 0.198. The minimum Gasteiger partial charge on any atom is -0.492 e. The zero-order valence-corrected chi connectivity index (χ0v) is 16.7. The molecular formula is C22H25FN4O2. The van der Waals surface area contributed by atoms with Crippen LogP contribution >= 0.6 is 0 Å². The fourth-order valence-electron chi connectivity index (χ4n) is 6.24. The highest BCUT2D eigenvalue weighted by molar-refractivity contribution is 5.84. The summed E-state index contributed by atoms with van der Waals surface area (Å²) in [7, 11) is 1.42. The van der Waals surface area contributed by atoms with Gasteiger partial charge in [0.1, 0.15) is 5.65 Å². The fourth-order valence-corrected chi connectivity index (χ4v) is 6.24. The Morgan fingerprint density at radius 3 is 2.83 bits per heavy atom. The number of H-pyrrole nitrogens is 1. The Morgan fingerprint density at radius 2 is 2.17 bits per heavy atom. The molecular weight excluding hydrogens is 371 g/mol. The van der Waals surface area contributed by atoms with E-state index in [0.717, 1.165) is 37.7 Å². The van der Waals surface area contributed by atoms with Crippen molar-refractivity contribution in [2.75, 3.05) is 7.11 Å². The third-order valence-electron chi connectivity index (χ3n) is 7.32. The van der Waals surface area contributed by atoms with Crippen LogP contribution in [0.2, 0.25) is 0 Å². The van der Waals surface area contributed by atoms with Crippen LogP contribution in [0.3, 0.4) is 0 Å². The second-order valence-electron chi connectivity index (χ2n) is 9.16. The average molecular weight is 396 g/mol. The van der Waals surface area contributed by atoms with Gasteiger partial charge < -0.3 is 14.6 Å². The summed E-state index contributed by atoms with van der Waals surface area (Å²) in [5.41, 5.74) is 0.986. The molecule has 2 aromatic heterocycles. The molecule has 2 aromatic rings. The Hall–Kier alpha value is -2.62. The third-order valence-corrected chi connectivity index (χ3v) is 7.32. The van der Waals surface area contributed by atoms with E-state index in [0.29, 0.717) is 23.4 Å². The Labute approximate surface area is 169 Å². The number of pyridine rings is 1. The highest BCUT2D eigenvalue weighted by Gasteiger charge is 2.55. The topological polar surface area (TPSA) is 82.0 Å². The molecule has 0 aromatic carbocycles. The molecule has 29 heavy (non-hydrogen) atoms. The second-order valence-corrected chi connectivity index (χ2v) is 9.16.